The number of ether oxygens (including phenoxy) is 3. The average Bonchev–Trinajstić information content (AvgIpc) is 3.58. The molecule has 0 unspecified atom stereocenters. The lowest BCUT2D eigenvalue weighted by Gasteiger charge is -2.36. The third-order valence-corrected chi connectivity index (χ3v) is 12.0. The van der Waals surface area contributed by atoms with E-state index in [2.05, 4.69) is 87.4 Å². The first-order valence-electron chi connectivity index (χ1n) is 22.3. The van der Waals surface area contributed by atoms with Gasteiger partial charge in [0.1, 0.15) is 18.1 Å². The molecule has 0 radical (unpaired) electrons. The van der Waals surface area contributed by atoms with Crippen LogP contribution < -0.4 is 10.7 Å². The number of carbonyl (C=O) groups excluding carboxylic acids is 4. The maximum absolute atomic E-state index is 14.6. The van der Waals surface area contributed by atoms with Gasteiger partial charge >= 0.3 is 5.97 Å². The smallest absolute Gasteiger partial charge is 0.324 e. The first kappa shape index (κ1) is 47.7. The van der Waals surface area contributed by atoms with E-state index >= 15 is 0 Å². The number of carbonyl (C=O) groups is 4. The maximum atomic E-state index is 14.6. The number of hydrogen-bond acceptors (Lipinski definition) is 11. The molecule has 2 aliphatic rings. The Kier molecular flexibility index (Phi) is 16.2. The Hall–Kier alpha value is -5.73. The molecule has 15 heteroatoms. The number of methoxy groups -OCH3 is 2. The van der Waals surface area contributed by atoms with Gasteiger partial charge in [0.2, 0.25) is 11.8 Å². The molecule has 1 saturated heterocycles. The highest BCUT2D eigenvalue weighted by Crippen LogP contribution is 2.41. The van der Waals surface area contributed by atoms with Crippen LogP contribution in [0.15, 0.2) is 70.9 Å². The van der Waals surface area contributed by atoms with Crippen molar-refractivity contribution in [1.29, 1.82) is 0 Å². The van der Waals surface area contributed by atoms with E-state index in [1.165, 1.54) is 9.91 Å². The van der Waals surface area contributed by atoms with Crippen molar-refractivity contribution in [1.82, 2.24) is 30.2 Å². The maximum Gasteiger partial charge on any atom is 0.324 e. The van der Waals surface area contributed by atoms with E-state index in [4.69, 9.17) is 14.2 Å². The number of hydrogen-bond donors (Lipinski definition) is 2. The second-order valence-corrected chi connectivity index (χ2v) is 17.8. The highest BCUT2D eigenvalue weighted by atomic mass is 16.5. The number of amides is 3. The van der Waals surface area contributed by atoms with E-state index < -0.39 is 35.4 Å². The van der Waals surface area contributed by atoms with Crippen molar-refractivity contribution in [3.63, 3.8) is 0 Å². The van der Waals surface area contributed by atoms with Crippen LogP contribution in [0.5, 0.6) is 0 Å². The van der Waals surface area contributed by atoms with Gasteiger partial charge in [0.05, 0.1) is 44.6 Å². The molecule has 2 aliphatic heterocycles. The van der Waals surface area contributed by atoms with Crippen LogP contribution in [-0.4, -0.2) is 121 Å². The molecule has 2 N–H and O–H groups in total. The number of aliphatic imine (C=N–C) groups is 2. The number of nitrogens with one attached hydrogen (secondary N) is 2. The molecule has 2 aromatic heterocycles. The van der Waals surface area contributed by atoms with Crippen molar-refractivity contribution in [3.8, 4) is 22.4 Å². The fraction of sp³-hybridized carbons (Fsp3) is 0.510. The molecular formula is C49H64N8O7. The Balaban J connectivity index is 1.39. The molecule has 64 heavy (non-hydrogen) atoms. The number of cyclic esters (lactones) is 1. The Morgan fingerprint density at radius 2 is 1.86 bits per heavy atom. The van der Waals surface area contributed by atoms with Crippen molar-refractivity contribution in [3.05, 3.63) is 77.6 Å². The summed E-state index contributed by atoms with van der Waals surface area (Å²) in [4.78, 5) is 70.2. The molecule has 0 spiro atoms. The summed E-state index contributed by atoms with van der Waals surface area (Å²) >= 11 is 0. The van der Waals surface area contributed by atoms with Crippen LogP contribution in [0.3, 0.4) is 0 Å². The SMILES string of the molecule is CCn1c(-c2cnccc2COC)c2c3cc(ccc31)-c1cccc(c1)C[C@H](NC(=O)[C@H](C(C)C)N(C)C(=O)CCN=C=NCCOC)C(=O)N1CCC[C@H](N1)C(=O)OCC(C)(C)C2. The van der Waals surface area contributed by atoms with Gasteiger partial charge in [0.15, 0.2) is 0 Å². The normalized spacial score (nSPS) is 18.2. The zero-order chi connectivity index (χ0) is 46.0. The number of aromatic nitrogens is 2. The Morgan fingerprint density at radius 1 is 1.08 bits per heavy atom. The number of esters is 1. The van der Waals surface area contributed by atoms with Crippen LogP contribution in [0.25, 0.3) is 33.3 Å². The molecule has 4 aromatic rings. The molecule has 6 rings (SSSR count). The van der Waals surface area contributed by atoms with E-state index in [1.54, 1.807) is 27.5 Å². The number of benzene rings is 2. The lowest BCUT2D eigenvalue weighted by Crippen LogP contribution is -2.62. The Morgan fingerprint density at radius 3 is 2.61 bits per heavy atom. The van der Waals surface area contributed by atoms with Crippen molar-refractivity contribution < 1.29 is 33.4 Å². The minimum atomic E-state index is -1.03. The molecule has 15 nitrogen and oxygen atoms in total. The molecule has 3 atom stereocenters. The van der Waals surface area contributed by atoms with E-state index in [0.717, 1.165) is 50.0 Å². The predicted molar refractivity (Wildman–Crippen MR) is 246 cm³/mol. The summed E-state index contributed by atoms with van der Waals surface area (Å²) in [7, 11) is 4.87. The van der Waals surface area contributed by atoms with E-state index in [-0.39, 0.29) is 43.7 Å². The van der Waals surface area contributed by atoms with Gasteiger partial charge in [-0.3, -0.25) is 29.2 Å². The lowest BCUT2D eigenvalue weighted by atomic mass is 9.84. The van der Waals surface area contributed by atoms with Crippen LogP contribution in [-0.2, 0) is 59.4 Å². The monoisotopic (exact) mass is 876 g/mol. The third kappa shape index (κ3) is 11.3. The quantitative estimate of drug-likeness (QED) is 0.0894. The number of rotatable bonds is 14. The number of fused-ring (bicyclic) bond motifs is 6. The summed E-state index contributed by atoms with van der Waals surface area (Å²) in [5, 5.41) is 5.56. The molecule has 0 saturated carbocycles. The lowest BCUT2D eigenvalue weighted by molar-refractivity contribution is -0.155. The largest absolute Gasteiger partial charge is 0.464 e. The van der Waals surface area contributed by atoms with Gasteiger partial charge in [-0.05, 0) is 78.1 Å². The number of hydrazine groups is 1. The number of aryl methyl sites for hydroxylation is 1. The molecule has 342 valence electrons. The minimum Gasteiger partial charge on any atom is -0.464 e. The summed E-state index contributed by atoms with van der Waals surface area (Å²) in [5.74, 6) is -1.86. The topological polar surface area (TPSA) is 169 Å². The van der Waals surface area contributed by atoms with Gasteiger partial charge in [-0.15, -0.1) is 0 Å². The van der Waals surface area contributed by atoms with Crippen molar-refractivity contribution in [2.75, 3.05) is 54.1 Å². The molecule has 0 aliphatic carbocycles. The summed E-state index contributed by atoms with van der Waals surface area (Å²) in [6.45, 7) is 12.7. The Labute approximate surface area is 376 Å². The number of pyridine rings is 1. The first-order chi connectivity index (χ1) is 30.8. The van der Waals surface area contributed by atoms with Crippen molar-refractivity contribution >= 4 is 40.6 Å². The van der Waals surface area contributed by atoms with Crippen molar-refractivity contribution in [2.45, 2.75) is 98.0 Å². The van der Waals surface area contributed by atoms with Crippen LogP contribution in [0.2, 0.25) is 0 Å². The second-order valence-electron chi connectivity index (χ2n) is 17.8. The van der Waals surface area contributed by atoms with Gasteiger partial charge in [-0.2, -0.15) is 0 Å². The zero-order valence-corrected chi connectivity index (χ0v) is 38.6. The van der Waals surface area contributed by atoms with Crippen molar-refractivity contribution in [2.24, 2.45) is 21.3 Å². The molecule has 2 aromatic carbocycles. The fourth-order valence-corrected chi connectivity index (χ4v) is 8.80. The van der Waals surface area contributed by atoms with Gasteiger partial charge < -0.3 is 29.0 Å². The third-order valence-electron chi connectivity index (χ3n) is 12.0. The zero-order valence-electron chi connectivity index (χ0n) is 38.6. The summed E-state index contributed by atoms with van der Waals surface area (Å²) in [5.41, 5.74) is 10.7. The summed E-state index contributed by atoms with van der Waals surface area (Å²) < 4.78 is 19.0. The highest BCUT2D eigenvalue weighted by Gasteiger charge is 2.37. The summed E-state index contributed by atoms with van der Waals surface area (Å²) in [6, 6.07) is 16.4. The highest BCUT2D eigenvalue weighted by molar-refractivity contribution is 5.96. The molecule has 4 heterocycles. The van der Waals surface area contributed by atoms with Crippen LogP contribution in [0.4, 0.5) is 0 Å². The van der Waals surface area contributed by atoms with E-state index in [1.807, 2.05) is 38.2 Å². The van der Waals surface area contributed by atoms with Crippen LogP contribution >= 0.6 is 0 Å². The predicted octanol–water partition coefficient (Wildman–Crippen LogP) is 5.88. The fourth-order valence-electron chi connectivity index (χ4n) is 8.80. The van der Waals surface area contributed by atoms with Gasteiger partial charge in [0, 0.05) is 81.5 Å². The van der Waals surface area contributed by atoms with Crippen LogP contribution in [0, 0.1) is 11.3 Å². The van der Waals surface area contributed by atoms with Gasteiger partial charge in [-0.1, -0.05) is 58.0 Å². The molecule has 6 bridgehead atoms. The average molecular weight is 877 g/mol. The molecule has 3 amide bonds. The van der Waals surface area contributed by atoms with E-state index in [9.17, 15) is 19.2 Å². The molecule has 1 fully saturated rings. The van der Waals surface area contributed by atoms with Gasteiger partial charge in [0.25, 0.3) is 5.91 Å². The van der Waals surface area contributed by atoms with Gasteiger partial charge in [-0.25, -0.2) is 15.4 Å². The minimum absolute atomic E-state index is 0.0530. The first-order valence-corrected chi connectivity index (χ1v) is 22.3. The number of nitrogens with zero attached hydrogens (tertiary/aromatic N) is 6. The standard InChI is InChI=1S/C49H64N8O7/c1-9-56-42-16-15-35-26-37(42)38(45(56)39-28-50-19-17-36(39)29-63-8)27-49(4,5)30-64-48(61)40-14-11-22-57(54-40)47(60)41(25-33-12-10-13-34(35)24-33)53-46(59)44(32(2)3)55(6)43(58)18-20-51-31-52-21-23-62-7/h10,12-13,15-17,19,24,26,28,32,40-41,44,54H,9,11,14,18,20-23,25,27,29-30H2,1-8H3,(H,53,59)/t40-,41-,44-/m0/s1. The summed E-state index contributed by atoms with van der Waals surface area (Å²) in [6.07, 6.45) is 5.54. The Bertz CT molecular complexity index is 2370. The molecular weight excluding hydrogens is 813 g/mol. The second kappa shape index (κ2) is 21.8. The van der Waals surface area contributed by atoms with Crippen LogP contribution in [0.1, 0.15) is 70.6 Å². The van der Waals surface area contributed by atoms with E-state index in [0.29, 0.717) is 52.1 Å². The number of likely N-dealkylation sites (N-methyl/N-ethyl adjacent to an activating group) is 1.